The second-order valence-electron chi connectivity index (χ2n) is 6.91. The van der Waals surface area contributed by atoms with Gasteiger partial charge < -0.3 is 15.2 Å². The molecule has 0 fully saturated rings. The van der Waals surface area contributed by atoms with E-state index in [1.165, 1.54) is 0 Å². The minimum Gasteiger partial charge on any atom is -0.480 e. The van der Waals surface area contributed by atoms with Crippen LogP contribution in [0.1, 0.15) is 51.7 Å². The normalized spacial score (nSPS) is 12.3. The zero-order chi connectivity index (χ0) is 19.0. The van der Waals surface area contributed by atoms with Gasteiger partial charge in [-0.15, -0.1) is 0 Å². The summed E-state index contributed by atoms with van der Waals surface area (Å²) in [7, 11) is 0. The van der Waals surface area contributed by atoms with Crippen LogP contribution in [0.25, 0.3) is 0 Å². The zero-order valence-corrected chi connectivity index (χ0v) is 15.3. The number of rotatable bonds is 8. The molecule has 0 saturated heterocycles. The molecule has 0 unspecified atom stereocenters. The maximum absolute atomic E-state index is 11.9. The molecular formula is C19H27NO5. The number of carboxylic acids is 1. The summed E-state index contributed by atoms with van der Waals surface area (Å²) in [5.41, 5.74) is 2.00. The second kappa shape index (κ2) is 9.20. The minimum atomic E-state index is -1.11. The summed E-state index contributed by atoms with van der Waals surface area (Å²) in [6.07, 6.45) is 0.0305. The molecule has 0 radical (unpaired) electrons. The van der Waals surface area contributed by atoms with Crippen LogP contribution in [0.5, 0.6) is 0 Å². The highest BCUT2D eigenvalue weighted by atomic mass is 16.5. The van der Waals surface area contributed by atoms with Crippen molar-refractivity contribution in [3.05, 3.63) is 35.4 Å². The molecule has 1 aromatic carbocycles. The summed E-state index contributed by atoms with van der Waals surface area (Å²) < 4.78 is 4.74. The predicted octanol–water partition coefficient (Wildman–Crippen LogP) is 2.44. The summed E-state index contributed by atoms with van der Waals surface area (Å²) in [6.45, 7) is 8.25. The lowest BCUT2D eigenvalue weighted by molar-refractivity contribution is -0.144. The topological polar surface area (TPSA) is 92.7 Å². The number of carbonyl (C=O) groups excluding carboxylic acids is 2. The molecule has 2 N–H and O–H groups in total. The number of nitrogens with one attached hydrogen (secondary N) is 1. The highest BCUT2D eigenvalue weighted by molar-refractivity contribution is 5.85. The van der Waals surface area contributed by atoms with E-state index in [-0.39, 0.29) is 31.3 Å². The highest BCUT2D eigenvalue weighted by Crippen LogP contribution is 2.22. The van der Waals surface area contributed by atoms with Gasteiger partial charge in [0.05, 0.1) is 13.0 Å². The van der Waals surface area contributed by atoms with Crippen molar-refractivity contribution in [3.63, 3.8) is 0 Å². The molecule has 1 amide bonds. The van der Waals surface area contributed by atoms with Crippen LogP contribution in [-0.4, -0.2) is 35.6 Å². The monoisotopic (exact) mass is 349 g/mol. The number of benzene rings is 1. The van der Waals surface area contributed by atoms with Crippen molar-refractivity contribution in [2.24, 2.45) is 0 Å². The number of carboxylic acid groups (broad SMARTS) is 1. The van der Waals surface area contributed by atoms with Gasteiger partial charge in [0.15, 0.2) is 0 Å². The van der Waals surface area contributed by atoms with Crippen LogP contribution in [-0.2, 0) is 31.0 Å². The molecule has 0 saturated carbocycles. The lowest BCUT2D eigenvalue weighted by Crippen LogP contribution is -2.42. The third-order valence-corrected chi connectivity index (χ3v) is 3.75. The van der Waals surface area contributed by atoms with Crippen molar-refractivity contribution >= 4 is 17.8 Å². The van der Waals surface area contributed by atoms with Crippen molar-refractivity contribution in [1.29, 1.82) is 0 Å². The maximum atomic E-state index is 11.9. The Morgan fingerprint density at radius 2 is 1.72 bits per heavy atom. The first-order valence-corrected chi connectivity index (χ1v) is 8.40. The molecule has 138 valence electrons. The van der Waals surface area contributed by atoms with E-state index in [1.54, 1.807) is 6.92 Å². The van der Waals surface area contributed by atoms with E-state index < -0.39 is 23.9 Å². The van der Waals surface area contributed by atoms with Gasteiger partial charge >= 0.3 is 11.9 Å². The van der Waals surface area contributed by atoms with Crippen LogP contribution in [0.2, 0.25) is 0 Å². The number of ether oxygens (including phenoxy) is 1. The van der Waals surface area contributed by atoms with Gasteiger partial charge in [0.2, 0.25) is 5.91 Å². The molecule has 1 aromatic rings. The van der Waals surface area contributed by atoms with Gasteiger partial charge in [-0.2, -0.15) is 0 Å². The molecule has 0 heterocycles. The van der Waals surface area contributed by atoms with E-state index in [2.05, 4.69) is 26.1 Å². The summed E-state index contributed by atoms with van der Waals surface area (Å²) >= 11 is 0. The first-order chi connectivity index (χ1) is 11.6. The summed E-state index contributed by atoms with van der Waals surface area (Å²) in [6, 6.07) is 6.66. The summed E-state index contributed by atoms with van der Waals surface area (Å²) in [5, 5.41) is 11.8. The Labute approximate surface area is 148 Å². The SMILES string of the molecule is CCOC(=O)CCC(=O)N[C@H](Cc1ccc(C(C)(C)C)cc1)C(=O)O. The lowest BCUT2D eigenvalue weighted by atomic mass is 9.86. The van der Waals surface area contributed by atoms with Gasteiger partial charge in [0.25, 0.3) is 0 Å². The number of aliphatic carboxylic acids is 1. The van der Waals surface area contributed by atoms with E-state index >= 15 is 0 Å². The second-order valence-corrected chi connectivity index (χ2v) is 6.91. The first kappa shape index (κ1) is 20.7. The first-order valence-electron chi connectivity index (χ1n) is 8.40. The molecule has 25 heavy (non-hydrogen) atoms. The minimum absolute atomic E-state index is 0.0199. The Bertz CT molecular complexity index is 601. The lowest BCUT2D eigenvalue weighted by Gasteiger charge is -2.20. The zero-order valence-electron chi connectivity index (χ0n) is 15.3. The number of esters is 1. The molecule has 0 aliphatic carbocycles. The van der Waals surface area contributed by atoms with Gasteiger partial charge in [0.1, 0.15) is 6.04 Å². The Morgan fingerprint density at radius 1 is 1.12 bits per heavy atom. The van der Waals surface area contributed by atoms with E-state index in [0.29, 0.717) is 0 Å². The Morgan fingerprint density at radius 3 is 2.20 bits per heavy atom. The number of hydrogen-bond donors (Lipinski definition) is 2. The van der Waals surface area contributed by atoms with E-state index in [0.717, 1.165) is 11.1 Å². The van der Waals surface area contributed by atoms with Crippen molar-refractivity contribution in [2.75, 3.05) is 6.61 Å². The average Bonchev–Trinajstić information content (AvgIpc) is 2.52. The molecule has 0 bridgehead atoms. The molecule has 0 aromatic heterocycles. The Balaban J connectivity index is 2.64. The van der Waals surface area contributed by atoms with Crippen LogP contribution in [0.4, 0.5) is 0 Å². The molecule has 6 nitrogen and oxygen atoms in total. The van der Waals surface area contributed by atoms with Crippen molar-refractivity contribution < 1.29 is 24.2 Å². The fourth-order valence-corrected chi connectivity index (χ4v) is 2.29. The molecule has 0 aliphatic rings. The van der Waals surface area contributed by atoms with Crippen LogP contribution in [0, 0.1) is 0 Å². The molecule has 1 atom stereocenters. The standard InChI is InChI=1S/C19H27NO5/c1-5-25-17(22)11-10-16(21)20-15(18(23)24)12-13-6-8-14(9-7-13)19(2,3)4/h6-9,15H,5,10-12H2,1-4H3,(H,20,21)(H,23,24)/t15-/m1/s1. The van der Waals surface area contributed by atoms with Gasteiger partial charge in [-0.05, 0) is 23.5 Å². The van der Waals surface area contributed by atoms with Crippen LogP contribution in [0.3, 0.4) is 0 Å². The molecule has 0 spiro atoms. The number of carbonyl (C=O) groups is 3. The molecular weight excluding hydrogens is 322 g/mol. The van der Waals surface area contributed by atoms with E-state index in [4.69, 9.17) is 4.74 Å². The van der Waals surface area contributed by atoms with Gasteiger partial charge in [-0.1, -0.05) is 45.0 Å². The van der Waals surface area contributed by atoms with Gasteiger partial charge in [-0.25, -0.2) is 4.79 Å². The molecule has 1 rings (SSSR count). The largest absolute Gasteiger partial charge is 0.480 e. The summed E-state index contributed by atoms with van der Waals surface area (Å²) in [4.78, 5) is 34.5. The third-order valence-electron chi connectivity index (χ3n) is 3.75. The fourth-order valence-electron chi connectivity index (χ4n) is 2.29. The van der Waals surface area contributed by atoms with Gasteiger partial charge in [-0.3, -0.25) is 9.59 Å². The summed E-state index contributed by atoms with van der Waals surface area (Å²) in [5.74, 6) is -2.06. The van der Waals surface area contributed by atoms with Crippen LogP contribution < -0.4 is 5.32 Å². The smallest absolute Gasteiger partial charge is 0.326 e. The van der Waals surface area contributed by atoms with Crippen LogP contribution >= 0.6 is 0 Å². The Kier molecular flexibility index (Phi) is 7.61. The highest BCUT2D eigenvalue weighted by Gasteiger charge is 2.21. The van der Waals surface area contributed by atoms with Crippen LogP contribution in [0.15, 0.2) is 24.3 Å². The number of amides is 1. The maximum Gasteiger partial charge on any atom is 0.326 e. The average molecular weight is 349 g/mol. The van der Waals surface area contributed by atoms with Crippen molar-refractivity contribution in [1.82, 2.24) is 5.32 Å². The van der Waals surface area contributed by atoms with E-state index in [9.17, 15) is 19.5 Å². The Hall–Kier alpha value is -2.37. The quantitative estimate of drug-likeness (QED) is 0.703. The molecule has 6 heteroatoms. The number of hydrogen-bond acceptors (Lipinski definition) is 4. The van der Waals surface area contributed by atoms with E-state index in [1.807, 2.05) is 24.3 Å². The van der Waals surface area contributed by atoms with Crippen molar-refractivity contribution in [3.8, 4) is 0 Å². The predicted molar refractivity (Wildman–Crippen MR) is 94.3 cm³/mol. The third kappa shape index (κ3) is 7.37. The van der Waals surface area contributed by atoms with Gasteiger partial charge in [0, 0.05) is 12.8 Å². The fraction of sp³-hybridized carbons (Fsp3) is 0.526. The molecule has 0 aliphatic heterocycles. The van der Waals surface area contributed by atoms with Crippen molar-refractivity contribution in [2.45, 2.75) is 58.4 Å².